The van der Waals surface area contributed by atoms with Crippen LogP contribution >= 0.6 is 23.2 Å². The number of halogens is 2. The first-order chi connectivity index (χ1) is 21.5. The number of sulfonamides is 1. The number of fused-ring (bicyclic) bond motifs is 2. The lowest BCUT2D eigenvalue weighted by Gasteiger charge is -2.35. The number of ether oxygens (including phenoxy) is 2. The lowest BCUT2D eigenvalue weighted by molar-refractivity contribution is -0.0496. The number of benzene rings is 2. The summed E-state index contributed by atoms with van der Waals surface area (Å²) in [5.74, 6) is 0.361. The Kier molecular flexibility index (Phi) is 8.17. The molecule has 45 heavy (non-hydrogen) atoms. The fraction of sp³-hybridized carbons (Fsp3) is 0.515. The Morgan fingerprint density at radius 1 is 1.11 bits per heavy atom. The minimum atomic E-state index is -3.81. The number of H-pyrrole nitrogens is 1. The number of hydrogen-bond acceptors (Lipinski definition) is 7. The molecule has 1 amide bonds. The number of nitrogens with zero attached hydrogens (tertiary/aromatic N) is 2. The number of rotatable bonds is 9. The zero-order valence-electron chi connectivity index (χ0n) is 25.4. The third-order valence-corrected chi connectivity index (χ3v) is 12.1. The first-order valence-corrected chi connectivity index (χ1v) is 18.0. The van der Waals surface area contributed by atoms with Crippen molar-refractivity contribution in [2.75, 3.05) is 18.1 Å². The van der Waals surface area contributed by atoms with E-state index in [1.165, 1.54) is 18.4 Å². The molecule has 4 aliphatic rings. The summed E-state index contributed by atoms with van der Waals surface area (Å²) in [6, 6.07) is 13.5. The number of nitrogens with one attached hydrogen (secondary N) is 2. The number of amides is 1. The Morgan fingerprint density at radius 2 is 1.84 bits per heavy atom. The van der Waals surface area contributed by atoms with Crippen molar-refractivity contribution in [3.05, 3.63) is 69.3 Å². The van der Waals surface area contributed by atoms with E-state index in [1.54, 1.807) is 12.1 Å². The lowest BCUT2D eigenvalue weighted by atomic mass is 9.98. The maximum atomic E-state index is 12.9. The van der Waals surface area contributed by atoms with Crippen LogP contribution in [0.2, 0.25) is 10.0 Å². The Hall–Kier alpha value is -2.63. The van der Waals surface area contributed by atoms with Crippen molar-refractivity contribution in [2.24, 2.45) is 5.92 Å². The molecule has 2 aliphatic carbocycles. The van der Waals surface area contributed by atoms with Crippen molar-refractivity contribution < 1.29 is 22.7 Å². The van der Waals surface area contributed by atoms with E-state index in [1.807, 2.05) is 44.2 Å². The standard InChI is InChI=1S/C33H38Cl2N4O5S/c1-33(2)16-26(9-10-44-33)45(41,42)38-32(40)20-5-7-24(8-6-20)39-17-22-11-25(39)15-30(22)43-18-23-14-29(37-36-23)31-27(34)12-21(13-28(31)35)19-3-4-19/h5-8,12-14,19,22,25-26,30H,3-4,9-11,15-18H2,1-2H3,(H,36,37)(H,38,40)/t22-,25-,26?,30+/m0/s1. The monoisotopic (exact) mass is 672 g/mol. The van der Waals surface area contributed by atoms with Crippen molar-refractivity contribution in [1.29, 1.82) is 0 Å². The van der Waals surface area contributed by atoms with E-state index in [-0.39, 0.29) is 6.10 Å². The molecular weight excluding hydrogens is 635 g/mol. The highest BCUT2D eigenvalue weighted by Crippen LogP contribution is 2.45. The minimum absolute atomic E-state index is 0.147. The molecule has 2 aromatic carbocycles. The van der Waals surface area contributed by atoms with Gasteiger partial charge in [-0.05, 0) is 106 Å². The fourth-order valence-electron chi connectivity index (χ4n) is 7.19. The van der Waals surface area contributed by atoms with Crippen LogP contribution in [0, 0.1) is 5.92 Å². The largest absolute Gasteiger partial charge is 0.375 e. The molecule has 3 heterocycles. The van der Waals surface area contributed by atoms with Gasteiger partial charge < -0.3 is 14.4 Å². The van der Waals surface area contributed by atoms with Crippen LogP contribution in [-0.4, -0.2) is 60.7 Å². The summed E-state index contributed by atoms with van der Waals surface area (Å²) in [5.41, 5.74) is 4.34. The summed E-state index contributed by atoms with van der Waals surface area (Å²) in [5, 5.41) is 8.13. The summed E-state index contributed by atoms with van der Waals surface area (Å²) < 4.78 is 40.1. The molecule has 4 fully saturated rings. The highest BCUT2D eigenvalue weighted by molar-refractivity contribution is 7.90. The Balaban J connectivity index is 0.922. The third-order valence-electron chi connectivity index (χ3n) is 9.72. The van der Waals surface area contributed by atoms with Gasteiger partial charge in [-0.15, -0.1) is 0 Å². The van der Waals surface area contributed by atoms with Gasteiger partial charge in [-0.25, -0.2) is 13.1 Å². The van der Waals surface area contributed by atoms with Crippen LogP contribution in [0.15, 0.2) is 42.5 Å². The van der Waals surface area contributed by atoms with E-state index in [9.17, 15) is 13.2 Å². The molecule has 2 saturated heterocycles. The molecule has 1 unspecified atom stereocenters. The zero-order valence-corrected chi connectivity index (χ0v) is 27.7. The lowest BCUT2D eigenvalue weighted by Crippen LogP contribution is -2.46. The molecule has 3 aromatic rings. The molecule has 240 valence electrons. The molecule has 2 bridgehead atoms. The smallest absolute Gasteiger partial charge is 0.264 e. The topological polar surface area (TPSA) is 114 Å². The number of hydrogen-bond donors (Lipinski definition) is 2. The SMILES string of the molecule is CC1(C)CC(S(=O)(=O)NC(=O)c2ccc(N3C[C@@H]4C[C@H]3C[C@H]4OCc3cc(-c4c(Cl)cc(C5CC5)cc4Cl)n[nH]3)cc2)CCO1. The van der Waals surface area contributed by atoms with Crippen molar-refractivity contribution in [3.8, 4) is 11.3 Å². The first kappa shape index (κ1) is 31.0. The van der Waals surface area contributed by atoms with Crippen LogP contribution in [0.1, 0.15) is 79.9 Å². The third kappa shape index (κ3) is 6.49. The molecule has 0 spiro atoms. The highest BCUT2D eigenvalue weighted by atomic mass is 35.5. The van der Waals surface area contributed by atoms with Crippen LogP contribution in [0.3, 0.4) is 0 Å². The van der Waals surface area contributed by atoms with Gasteiger partial charge in [-0.1, -0.05) is 23.2 Å². The van der Waals surface area contributed by atoms with Gasteiger partial charge in [0.15, 0.2) is 0 Å². The van der Waals surface area contributed by atoms with Gasteiger partial charge in [-0.2, -0.15) is 5.10 Å². The van der Waals surface area contributed by atoms with Crippen molar-refractivity contribution in [1.82, 2.24) is 14.9 Å². The molecule has 1 aromatic heterocycles. The van der Waals surface area contributed by atoms with E-state index in [2.05, 4.69) is 19.8 Å². The van der Waals surface area contributed by atoms with Crippen molar-refractivity contribution in [2.45, 2.75) is 87.9 Å². The van der Waals surface area contributed by atoms with Gasteiger partial charge in [0.25, 0.3) is 5.91 Å². The number of aromatic amines is 1. The zero-order chi connectivity index (χ0) is 31.5. The second kappa shape index (κ2) is 11.9. The second-order valence-corrected chi connectivity index (χ2v) is 16.3. The van der Waals surface area contributed by atoms with E-state index in [0.717, 1.165) is 36.3 Å². The maximum absolute atomic E-state index is 12.9. The van der Waals surface area contributed by atoms with E-state index < -0.39 is 26.8 Å². The van der Waals surface area contributed by atoms with Gasteiger partial charge in [-0.3, -0.25) is 9.89 Å². The molecule has 2 aliphatic heterocycles. The molecular formula is C33H38Cl2N4O5S. The molecule has 4 atom stereocenters. The Labute approximate surface area is 274 Å². The van der Waals surface area contributed by atoms with E-state index in [0.29, 0.717) is 65.2 Å². The summed E-state index contributed by atoms with van der Waals surface area (Å²) in [4.78, 5) is 15.2. The average molecular weight is 674 g/mol. The predicted octanol–water partition coefficient (Wildman–Crippen LogP) is 6.46. The average Bonchev–Trinajstić information content (AvgIpc) is 3.41. The van der Waals surface area contributed by atoms with Crippen molar-refractivity contribution in [3.63, 3.8) is 0 Å². The normalized spacial score (nSPS) is 25.9. The molecule has 12 heteroatoms. The Morgan fingerprint density at radius 3 is 2.49 bits per heavy atom. The predicted molar refractivity (Wildman–Crippen MR) is 174 cm³/mol. The quantitative estimate of drug-likeness (QED) is 0.268. The molecule has 2 saturated carbocycles. The van der Waals surface area contributed by atoms with Gasteiger partial charge in [0, 0.05) is 41.9 Å². The van der Waals surface area contributed by atoms with E-state index >= 15 is 0 Å². The molecule has 7 rings (SSSR count). The van der Waals surface area contributed by atoms with Gasteiger partial charge >= 0.3 is 0 Å². The maximum Gasteiger partial charge on any atom is 0.264 e. The minimum Gasteiger partial charge on any atom is -0.375 e. The first-order valence-electron chi connectivity index (χ1n) is 15.7. The highest BCUT2D eigenvalue weighted by Gasteiger charge is 2.45. The van der Waals surface area contributed by atoms with Crippen LogP contribution in [-0.2, 0) is 26.1 Å². The Bertz CT molecular complexity index is 1680. The summed E-state index contributed by atoms with van der Waals surface area (Å²) in [6.07, 6.45) is 5.19. The number of piperidine rings is 1. The van der Waals surface area contributed by atoms with E-state index in [4.69, 9.17) is 32.7 Å². The van der Waals surface area contributed by atoms with Crippen LogP contribution < -0.4 is 9.62 Å². The molecule has 9 nitrogen and oxygen atoms in total. The molecule has 0 radical (unpaired) electrons. The number of aromatic nitrogens is 2. The number of carbonyl (C=O) groups excluding carboxylic acids is 1. The summed E-state index contributed by atoms with van der Waals surface area (Å²) in [7, 11) is -3.81. The van der Waals surface area contributed by atoms with Gasteiger partial charge in [0.05, 0.1) is 45.0 Å². The number of anilines is 1. The van der Waals surface area contributed by atoms with Crippen LogP contribution in [0.5, 0.6) is 0 Å². The van der Waals surface area contributed by atoms with Crippen LogP contribution in [0.4, 0.5) is 5.69 Å². The van der Waals surface area contributed by atoms with Gasteiger partial charge in [0.1, 0.15) is 0 Å². The van der Waals surface area contributed by atoms with Crippen LogP contribution in [0.25, 0.3) is 11.3 Å². The van der Waals surface area contributed by atoms with Crippen molar-refractivity contribution >= 4 is 44.8 Å². The fourth-order valence-corrected chi connectivity index (χ4v) is 9.46. The molecule has 2 N–H and O–H groups in total. The second-order valence-electron chi connectivity index (χ2n) is 13.5. The number of carbonyl (C=O) groups is 1. The summed E-state index contributed by atoms with van der Waals surface area (Å²) in [6.45, 7) is 5.38. The van der Waals surface area contributed by atoms with Gasteiger partial charge in [0.2, 0.25) is 10.0 Å². The summed E-state index contributed by atoms with van der Waals surface area (Å²) >= 11 is 13.2.